The molecule has 0 fully saturated rings. The fraction of sp³-hybridized carbons (Fsp3) is 0.167. The van der Waals surface area contributed by atoms with Gasteiger partial charge in [-0.1, -0.05) is 29.8 Å². The van der Waals surface area contributed by atoms with Gasteiger partial charge in [0.1, 0.15) is 16.8 Å². The van der Waals surface area contributed by atoms with Crippen LogP contribution in [0.5, 0.6) is 5.75 Å². The summed E-state index contributed by atoms with van der Waals surface area (Å²) in [6.07, 6.45) is 1.33. The van der Waals surface area contributed by atoms with Crippen LogP contribution >= 0.6 is 11.6 Å². The number of nitrogens with zero attached hydrogens (tertiary/aromatic N) is 3. The van der Waals surface area contributed by atoms with Gasteiger partial charge in [0, 0.05) is 16.1 Å². The number of nitrogens with one attached hydrogen (secondary N) is 2. The van der Waals surface area contributed by atoms with Gasteiger partial charge in [-0.05, 0) is 49.7 Å². The molecule has 0 bridgehead atoms. The molecule has 174 valence electrons. The molecular weight excluding hydrogens is 458 g/mol. The fourth-order valence-electron chi connectivity index (χ4n) is 3.48. The van der Waals surface area contributed by atoms with E-state index in [9.17, 15) is 9.59 Å². The highest BCUT2D eigenvalue weighted by Gasteiger charge is 2.23. The number of carbonyl (C=O) groups is 2. The summed E-state index contributed by atoms with van der Waals surface area (Å²) < 4.78 is 12.0. The van der Waals surface area contributed by atoms with Crippen LogP contribution in [-0.2, 0) is 4.74 Å². The number of benzene rings is 2. The quantitative estimate of drug-likeness (QED) is 0.367. The summed E-state index contributed by atoms with van der Waals surface area (Å²) in [5.41, 5.74) is 2.12. The third kappa shape index (κ3) is 4.65. The number of esters is 1. The SMILES string of the molecule is CCOC(=O)c1cnn(-c2cc(C)c3cccc(OC)c3n2)c1NC(=O)Nc1cccc(Cl)c1. The van der Waals surface area contributed by atoms with E-state index in [1.165, 1.54) is 10.9 Å². The molecule has 0 aliphatic rings. The average Bonchev–Trinajstić information content (AvgIpc) is 3.22. The molecule has 0 atom stereocenters. The summed E-state index contributed by atoms with van der Waals surface area (Å²) in [6, 6.07) is 13.5. The lowest BCUT2D eigenvalue weighted by Crippen LogP contribution is -2.23. The smallest absolute Gasteiger partial charge is 0.343 e. The molecule has 0 saturated carbocycles. The lowest BCUT2D eigenvalue weighted by Gasteiger charge is -2.14. The van der Waals surface area contributed by atoms with E-state index in [1.807, 2.05) is 31.2 Å². The van der Waals surface area contributed by atoms with Gasteiger partial charge in [0.05, 0.1) is 19.9 Å². The number of para-hydroxylation sites is 1. The Morgan fingerprint density at radius 3 is 2.65 bits per heavy atom. The maximum atomic E-state index is 12.8. The van der Waals surface area contributed by atoms with Crippen LogP contribution in [0.25, 0.3) is 16.7 Å². The second kappa shape index (κ2) is 9.80. The van der Waals surface area contributed by atoms with E-state index in [-0.39, 0.29) is 18.0 Å². The number of methoxy groups -OCH3 is 1. The first-order chi connectivity index (χ1) is 16.4. The highest BCUT2D eigenvalue weighted by molar-refractivity contribution is 6.30. The summed E-state index contributed by atoms with van der Waals surface area (Å²) >= 11 is 6.00. The second-order valence-electron chi connectivity index (χ2n) is 7.28. The van der Waals surface area contributed by atoms with Gasteiger partial charge in [-0.15, -0.1) is 0 Å². The molecule has 4 aromatic rings. The molecule has 0 unspecified atom stereocenters. The van der Waals surface area contributed by atoms with Gasteiger partial charge in [-0.3, -0.25) is 5.32 Å². The predicted molar refractivity (Wildman–Crippen MR) is 130 cm³/mol. The van der Waals surface area contributed by atoms with Gasteiger partial charge in [0.2, 0.25) is 0 Å². The van der Waals surface area contributed by atoms with Crippen LogP contribution in [0, 0.1) is 6.92 Å². The largest absolute Gasteiger partial charge is 0.494 e. The zero-order chi connectivity index (χ0) is 24.2. The van der Waals surface area contributed by atoms with Crippen molar-refractivity contribution >= 4 is 46.0 Å². The van der Waals surface area contributed by atoms with Crippen molar-refractivity contribution in [1.29, 1.82) is 0 Å². The van der Waals surface area contributed by atoms with Crippen LogP contribution in [0.2, 0.25) is 5.02 Å². The molecule has 10 heteroatoms. The van der Waals surface area contributed by atoms with Crippen molar-refractivity contribution in [2.45, 2.75) is 13.8 Å². The third-order valence-electron chi connectivity index (χ3n) is 5.01. The monoisotopic (exact) mass is 479 g/mol. The Kier molecular flexibility index (Phi) is 6.65. The van der Waals surface area contributed by atoms with Crippen molar-refractivity contribution in [2.24, 2.45) is 0 Å². The van der Waals surface area contributed by atoms with Crippen molar-refractivity contribution in [3.8, 4) is 11.6 Å². The molecule has 2 aromatic heterocycles. The molecule has 2 aromatic carbocycles. The molecule has 2 heterocycles. The summed E-state index contributed by atoms with van der Waals surface area (Å²) in [5.74, 6) is 0.470. The van der Waals surface area contributed by atoms with Crippen LogP contribution in [0.1, 0.15) is 22.8 Å². The van der Waals surface area contributed by atoms with Crippen molar-refractivity contribution in [1.82, 2.24) is 14.8 Å². The molecule has 0 aliphatic carbocycles. The second-order valence-corrected chi connectivity index (χ2v) is 7.72. The number of urea groups is 1. The summed E-state index contributed by atoms with van der Waals surface area (Å²) in [5, 5.41) is 11.1. The van der Waals surface area contributed by atoms with E-state index in [1.54, 1.807) is 38.3 Å². The van der Waals surface area contributed by atoms with Crippen LogP contribution in [0.15, 0.2) is 54.7 Å². The normalized spacial score (nSPS) is 10.7. The van der Waals surface area contributed by atoms with Crippen LogP contribution in [0.3, 0.4) is 0 Å². The number of pyridine rings is 1. The first kappa shape index (κ1) is 23.1. The minimum Gasteiger partial charge on any atom is -0.494 e. The highest BCUT2D eigenvalue weighted by atomic mass is 35.5. The van der Waals surface area contributed by atoms with Crippen LogP contribution < -0.4 is 15.4 Å². The first-order valence-corrected chi connectivity index (χ1v) is 10.8. The van der Waals surface area contributed by atoms with Gasteiger partial charge in [-0.25, -0.2) is 14.6 Å². The molecule has 4 rings (SSSR count). The minimum atomic E-state index is -0.623. The third-order valence-corrected chi connectivity index (χ3v) is 5.25. The number of aromatic nitrogens is 3. The maximum absolute atomic E-state index is 12.8. The Morgan fingerprint density at radius 1 is 1.12 bits per heavy atom. The van der Waals surface area contributed by atoms with E-state index in [2.05, 4.69) is 15.7 Å². The fourth-order valence-corrected chi connectivity index (χ4v) is 3.67. The van der Waals surface area contributed by atoms with Gasteiger partial charge >= 0.3 is 12.0 Å². The summed E-state index contributed by atoms with van der Waals surface area (Å²) in [4.78, 5) is 30.1. The van der Waals surface area contributed by atoms with Crippen LogP contribution in [0.4, 0.5) is 16.3 Å². The molecule has 9 nitrogen and oxygen atoms in total. The number of hydrogen-bond donors (Lipinski definition) is 2. The van der Waals surface area contributed by atoms with Gasteiger partial charge in [-0.2, -0.15) is 9.78 Å². The average molecular weight is 480 g/mol. The van der Waals surface area contributed by atoms with E-state index in [0.29, 0.717) is 27.8 Å². The number of ether oxygens (including phenoxy) is 2. The number of hydrogen-bond acceptors (Lipinski definition) is 6. The van der Waals surface area contributed by atoms with Crippen molar-refractivity contribution in [3.05, 3.63) is 70.9 Å². The Labute approximate surface area is 200 Å². The van der Waals surface area contributed by atoms with Gasteiger partial charge < -0.3 is 14.8 Å². The molecule has 0 spiro atoms. The minimum absolute atomic E-state index is 0.0858. The zero-order valence-corrected chi connectivity index (χ0v) is 19.5. The van der Waals surface area contributed by atoms with Gasteiger partial charge in [0.25, 0.3) is 0 Å². The standard InChI is InChI=1S/C24H22ClN5O4/c1-4-34-23(31)18-13-26-30(22(18)29-24(32)27-16-8-5-7-15(25)12-16)20-11-14(2)17-9-6-10-19(33-3)21(17)28-20/h5-13H,4H2,1-3H3,(H2,27,29,32). The first-order valence-electron chi connectivity index (χ1n) is 10.4. The lowest BCUT2D eigenvalue weighted by atomic mass is 10.1. The maximum Gasteiger partial charge on any atom is 0.343 e. The molecule has 0 aliphatic heterocycles. The topological polar surface area (TPSA) is 107 Å². The Bertz CT molecular complexity index is 1390. The number of anilines is 2. The summed E-state index contributed by atoms with van der Waals surface area (Å²) in [7, 11) is 1.57. The Hall–Kier alpha value is -4.11. The number of fused-ring (bicyclic) bond motifs is 1. The van der Waals surface area contributed by atoms with E-state index >= 15 is 0 Å². The highest BCUT2D eigenvalue weighted by Crippen LogP contribution is 2.29. The molecular formula is C24H22ClN5O4. The van der Waals surface area contributed by atoms with Crippen LogP contribution in [-0.4, -0.2) is 40.5 Å². The predicted octanol–water partition coefficient (Wildman–Crippen LogP) is 5.21. The number of halogens is 1. The number of carbonyl (C=O) groups excluding carboxylic acids is 2. The molecule has 0 saturated heterocycles. The summed E-state index contributed by atoms with van der Waals surface area (Å²) in [6.45, 7) is 3.80. The van der Waals surface area contributed by atoms with E-state index < -0.39 is 12.0 Å². The molecule has 2 amide bonds. The molecule has 34 heavy (non-hydrogen) atoms. The van der Waals surface area contributed by atoms with Crippen molar-refractivity contribution < 1.29 is 19.1 Å². The molecule has 0 radical (unpaired) electrons. The van der Waals surface area contributed by atoms with Gasteiger partial charge in [0.15, 0.2) is 11.6 Å². The molecule has 2 N–H and O–H groups in total. The zero-order valence-electron chi connectivity index (χ0n) is 18.8. The number of aryl methyl sites for hydroxylation is 1. The Balaban J connectivity index is 1.77. The lowest BCUT2D eigenvalue weighted by molar-refractivity contribution is 0.0527. The van der Waals surface area contributed by atoms with Crippen molar-refractivity contribution in [2.75, 3.05) is 24.4 Å². The number of rotatable bonds is 6. The van der Waals surface area contributed by atoms with E-state index in [4.69, 9.17) is 26.1 Å². The Morgan fingerprint density at radius 2 is 1.91 bits per heavy atom. The van der Waals surface area contributed by atoms with E-state index in [0.717, 1.165) is 10.9 Å². The number of amides is 2. The van der Waals surface area contributed by atoms with Crippen molar-refractivity contribution in [3.63, 3.8) is 0 Å².